The molecule has 2 aromatic heterocycles. The molecule has 26 heavy (non-hydrogen) atoms. The number of hydrogen-bond donors (Lipinski definition) is 0. The summed E-state index contributed by atoms with van der Waals surface area (Å²) in [5, 5.41) is 0.880. The third kappa shape index (κ3) is 2.80. The normalized spacial score (nSPS) is 11.2. The van der Waals surface area contributed by atoms with Crippen LogP contribution in [0.25, 0.3) is 33.4 Å². The lowest BCUT2D eigenvalue weighted by atomic mass is 10.0. The fraction of sp³-hybridized carbons (Fsp3) is 0.136. The number of nitrogens with zero attached hydrogens (tertiary/aromatic N) is 3. The van der Waals surface area contributed by atoms with Crippen LogP contribution >= 0.6 is 0 Å². The van der Waals surface area contributed by atoms with Crippen molar-refractivity contribution in [3.05, 3.63) is 83.4 Å². The maximum Gasteiger partial charge on any atom is 0.350 e. The van der Waals surface area contributed by atoms with Crippen molar-refractivity contribution in [2.45, 2.75) is 19.9 Å². The smallest absolute Gasteiger partial charge is 0.273 e. The molecule has 0 atom stereocenters. The largest absolute Gasteiger partial charge is 0.350 e. The Labute approximate surface area is 151 Å². The number of benzene rings is 2. The highest BCUT2D eigenvalue weighted by Gasteiger charge is 2.16. The molecule has 2 aromatic carbocycles. The highest BCUT2D eigenvalue weighted by molar-refractivity contribution is 5.93. The molecule has 0 unspecified atom stereocenters. The summed E-state index contributed by atoms with van der Waals surface area (Å²) in [6.07, 6.45) is 1.82. The van der Waals surface area contributed by atoms with Gasteiger partial charge < -0.3 is 0 Å². The van der Waals surface area contributed by atoms with Gasteiger partial charge in [-0.15, -0.1) is 0 Å². The molecule has 0 radical (unpaired) electrons. The van der Waals surface area contributed by atoms with Gasteiger partial charge in [0.15, 0.2) is 0 Å². The monoisotopic (exact) mass is 341 g/mol. The average Bonchev–Trinajstić information content (AvgIpc) is 2.68. The van der Waals surface area contributed by atoms with Crippen molar-refractivity contribution in [1.29, 1.82) is 0 Å². The van der Waals surface area contributed by atoms with E-state index in [-0.39, 0.29) is 11.7 Å². The summed E-state index contributed by atoms with van der Waals surface area (Å²) >= 11 is 0. The lowest BCUT2D eigenvalue weighted by Crippen LogP contribution is -2.26. The van der Waals surface area contributed by atoms with Gasteiger partial charge in [-0.3, -0.25) is 4.57 Å². The number of fused-ring (bicyclic) bond motifs is 1. The van der Waals surface area contributed by atoms with Crippen LogP contribution in [-0.2, 0) is 0 Å². The predicted octanol–water partition coefficient (Wildman–Crippen LogP) is 4.71. The van der Waals surface area contributed by atoms with Crippen LogP contribution < -0.4 is 5.69 Å². The molecule has 2 heterocycles. The molecule has 0 amide bonds. The summed E-state index contributed by atoms with van der Waals surface area (Å²) < 4.78 is 1.65. The molecular formula is C22H19N3O. The number of pyridine rings is 1. The van der Waals surface area contributed by atoms with E-state index >= 15 is 0 Å². The molecule has 0 aliphatic carbocycles. The van der Waals surface area contributed by atoms with E-state index in [1.165, 1.54) is 0 Å². The summed E-state index contributed by atoms with van der Waals surface area (Å²) in [4.78, 5) is 21.7. The summed E-state index contributed by atoms with van der Waals surface area (Å²) in [6.45, 7) is 3.94. The van der Waals surface area contributed by atoms with Crippen LogP contribution in [0.3, 0.4) is 0 Å². The Hall–Kier alpha value is -3.27. The zero-order valence-electron chi connectivity index (χ0n) is 14.8. The average molecular weight is 341 g/mol. The Morgan fingerprint density at radius 3 is 2.08 bits per heavy atom. The van der Waals surface area contributed by atoms with E-state index in [4.69, 9.17) is 0 Å². The van der Waals surface area contributed by atoms with Crippen molar-refractivity contribution < 1.29 is 0 Å². The number of aromatic nitrogens is 3. The Balaban J connectivity index is 2.07. The van der Waals surface area contributed by atoms with Gasteiger partial charge >= 0.3 is 5.69 Å². The minimum Gasteiger partial charge on any atom is -0.273 e. The third-order valence-corrected chi connectivity index (χ3v) is 4.43. The SMILES string of the molecule is CC(C)n1c(=O)nc(-c2ccccc2)c2cc(-c3ccccc3)cnc21. The van der Waals surface area contributed by atoms with Crippen molar-refractivity contribution in [2.24, 2.45) is 0 Å². The standard InChI is InChI=1S/C22H19N3O/c1-15(2)25-21-19(13-18(14-23-21)16-9-5-3-6-10-16)20(24-22(25)26)17-11-7-4-8-12-17/h3-15H,1-2H3. The molecule has 0 saturated carbocycles. The summed E-state index contributed by atoms with van der Waals surface area (Å²) in [5.74, 6) is 0. The van der Waals surface area contributed by atoms with Gasteiger partial charge in [-0.2, -0.15) is 4.98 Å². The van der Waals surface area contributed by atoms with Crippen molar-refractivity contribution in [2.75, 3.05) is 0 Å². The first-order valence-corrected chi connectivity index (χ1v) is 8.68. The second-order valence-electron chi connectivity index (χ2n) is 6.53. The fourth-order valence-corrected chi connectivity index (χ4v) is 3.19. The Bertz CT molecular complexity index is 1120. The van der Waals surface area contributed by atoms with Gasteiger partial charge in [0, 0.05) is 28.8 Å². The van der Waals surface area contributed by atoms with Crippen LogP contribution in [0.4, 0.5) is 0 Å². The van der Waals surface area contributed by atoms with Gasteiger partial charge in [-0.1, -0.05) is 60.7 Å². The summed E-state index contributed by atoms with van der Waals surface area (Å²) in [5.41, 5.74) is 4.07. The zero-order chi connectivity index (χ0) is 18.1. The highest BCUT2D eigenvalue weighted by atomic mass is 16.1. The van der Waals surface area contributed by atoms with E-state index in [9.17, 15) is 4.79 Å². The maximum atomic E-state index is 12.6. The molecule has 4 heteroatoms. The minimum atomic E-state index is -0.272. The third-order valence-electron chi connectivity index (χ3n) is 4.43. The maximum absolute atomic E-state index is 12.6. The van der Waals surface area contributed by atoms with Crippen LogP contribution in [0, 0.1) is 0 Å². The summed E-state index contributed by atoms with van der Waals surface area (Å²) in [7, 11) is 0. The second kappa shape index (κ2) is 6.56. The Morgan fingerprint density at radius 1 is 0.846 bits per heavy atom. The zero-order valence-corrected chi connectivity index (χ0v) is 14.8. The van der Waals surface area contributed by atoms with E-state index in [0.717, 1.165) is 22.1 Å². The number of hydrogen-bond acceptors (Lipinski definition) is 3. The van der Waals surface area contributed by atoms with Crippen LogP contribution in [0.2, 0.25) is 0 Å². The molecule has 0 aliphatic rings. The van der Waals surface area contributed by atoms with Crippen LogP contribution in [0.15, 0.2) is 77.7 Å². The van der Waals surface area contributed by atoms with Crippen molar-refractivity contribution in [3.8, 4) is 22.4 Å². The van der Waals surface area contributed by atoms with Crippen molar-refractivity contribution >= 4 is 11.0 Å². The van der Waals surface area contributed by atoms with E-state index < -0.39 is 0 Å². The molecule has 128 valence electrons. The lowest BCUT2D eigenvalue weighted by molar-refractivity contribution is 0.582. The van der Waals surface area contributed by atoms with Gasteiger partial charge in [0.05, 0.1) is 5.69 Å². The first-order chi connectivity index (χ1) is 12.6. The predicted molar refractivity (Wildman–Crippen MR) is 105 cm³/mol. The fourth-order valence-electron chi connectivity index (χ4n) is 3.19. The Morgan fingerprint density at radius 2 is 1.46 bits per heavy atom. The first kappa shape index (κ1) is 16.2. The molecule has 4 rings (SSSR count). The van der Waals surface area contributed by atoms with Crippen LogP contribution in [0.5, 0.6) is 0 Å². The van der Waals surface area contributed by atoms with E-state index in [0.29, 0.717) is 11.3 Å². The molecule has 0 aliphatic heterocycles. The molecular weight excluding hydrogens is 322 g/mol. The van der Waals surface area contributed by atoms with Crippen LogP contribution in [0.1, 0.15) is 19.9 Å². The van der Waals surface area contributed by atoms with Gasteiger partial charge in [-0.25, -0.2) is 9.78 Å². The van der Waals surface area contributed by atoms with Gasteiger partial charge in [0.25, 0.3) is 0 Å². The molecule has 0 saturated heterocycles. The topological polar surface area (TPSA) is 47.8 Å². The molecule has 4 aromatic rings. The van der Waals surface area contributed by atoms with Crippen molar-refractivity contribution in [1.82, 2.24) is 14.5 Å². The molecule has 0 fully saturated rings. The minimum absolute atomic E-state index is 0.0163. The van der Waals surface area contributed by atoms with E-state index in [1.807, 2.05) is 68.6 Å². The number of rotatable bonds is 3. The molecule has 0 spiro atoms. The van der Waals surface area contributed by atoms with Gasteiger partial charge in [0.1, 0.15) is 5.65 Å². The second-order valence-corrected chi connectivity index (χ2v) is 6.53. The van der Waals surface area contributed by atoms with E-state index in [2.05, 4.69) is 28.2 Å². The quantitative estimate of drug-likeness (QED) is 0.542. The molecule has 0 N–H and O–H groups in total. The van der Waals surface area contributed by atoms with E-state index in [1.54, 1.807) is 4.57 Å². The first-order valence-electron chi connectivity index (χ1n) is 8.68. The van der Waals surface area contributed by atoms with Crippen LogP contribution in [-0.4, -0.2) is 14.5 Å². The molecule has 4 nitrogen and oxygen atoms in total. The Kier molecular flexibility index (Phi) is 4.09. The summed E-state index contributed by atoms with van der Waals surface area (Å²) in [6, 6.07) is 22.0. The van der Waals surface area contributed by atoms with Gasteiger partial charge in [-0.05, 0) is 25.5 Å². The molecule has 0 bridgehead atoms. The highest BCUT2D eigenvalue weighted by Crippen LogP contribution is 2.29. The lowest BCUT2D eigenvalue weighted by Gasteiger charge is -2.15. The van der Waals surface area contributed by atoms with Crippen molar-refractivity contribution in [3.63, 3.8) is 0 Å². The van der Waals surface area contributed by atoms with Gasteiger partial charge in [0.2, 0.25) is 0 Å².